The lowest BCUT2D eigenvalue weighted by Crippen LogP contribution is -2.37. The number of aliphatic carboxylic acids is 1. The predicted octanol–water partition coefficient (Wildman–Crippen LogP) is 1.76. The van der Waals surface area contributed by atoms with Crippen molar-refractivity contribution in [2.45, 2.75) is 25.9 Å². The Bertz CT molecular complexity index is 711. The van der Waals surface area contributed by atoms with E-state index >= 15 is 0 Å². The van der Waals surface area contributed by atoms with Crippen molar-refractivity contribution in [2.75, 3.05) is 6.54 Å². The van der Waals surface area contributed by atoms with E-state index in [-0.39, 0.29) is 12.5 Å². The van der Waals surface area contributed by atoms with Gasteiger partial charge in [-0.05, 0) is 18.6 Å². The zero-order chi connectivity index (χ0) is 16.2. The van der Waals surface area contributed by atoms with Gasteiger partial charge in [-0.25, -0.2) is 9.48 Å². The fourth-order valence-electron chi connectivity index (χ4n) is 2.63. The number of nitrogens with one attached hydrogen (secondary N) is 1. The molecule has 2 amide bonds. The predicted molar refractivity (Wildman–Crippen MR) is 83.1 cm³/mol. The van der Waals surface area contributed by atoms with Gasteiger partial charge >= 0.3 is 12.0 Å². The first-order chi connectivity index (χ1) is 11.1. The van der Waals surface area contributed by atoms with Crippen LogP contribution in [0.5, 0.6) is 0 Å². The van der Waals surface area contributed by atoms with Gasteiger partial charge < -0.3 is 15.3 Å². The van der Waals surface area contributed by atoms with Crippen molar-refractivity contribution in [1.29, 1.82) is 0 Å². The number of rotatable bonds is 5. The molecule has 0 saturated heterocycles. The number of hydrogen-bond donors (Lipinski definition) is 2. The molecular formula is C16H18N4O3. The van der Waals surface area contributed by atoms with Crippen LogP contribution in [-0.2, 0) is 17.9 Å². The number of amides is 2. The van der Waals surface area contributed by atoms with Crippen LogP contribution in [0.4, 0.5) is 4.79 Å². The van der Waals surface area contributed by atoms with Crippen molar-refractivity contribution in [2.24, 2.45) is 0 Å². The van der Waals surface area contributed by atoms with Crippen LogP contribution in [0.3, 0.4) is 0 Å². The Kier molecular flexibility index (Phi) is 4.27. The monoisotopic (exact) mass is 314 g/mol. The fourth-order valence-corrected chi connectivity index (χ4v) is 2.63. The molecule has 120 valence electrons. The quantitative estimate of drug-likeness (QED) is 0.823. The average molecular weight is 314 g/mol. The topological polar surface area (TPSA) is 87.5 Å². The highest BCUT2D eigenvalue weighted by atomic mass is 16.4. The summed E-state index contributed by atoms with van der Waals surface area (Å²) in [6.45, 7) is 1.38. The summed E-state index contributed by atoms with van der Waals surface area (Å²) in [4.78, 5) is 24.3. The van der Waals surface area contributed by atoms with Gasteiger partial charge in [0.25, 0.3) is 0 Å². The first-order valence-corrected chi connectivity index (χ1v) is 7.51. The molecule has 3 rings (SSSR count). The fraction of sp³-hybridized carbons (Fsp3) is 0.312. The number of carbonyl (C=O) groups excluding carboxylic acids is 1. The van der Waals surface area contributed by atoms with Crippen LogP contribution in [0.1, 0.15) is 24.1 Å². The molecule has 0 unspecified atom stereocenters. The summed E-state index contributed by atoms with van der Waals surface area (Å²) < 4.78 is 1.85. The Labute approximate surface area is 133 Å². The Morgan fingerprint density at radius 1 is 1.22 bits per heavy atom. The number of hydrogen-bond acceptors (Lipinski definition) is 3. The van der Waals surface area contributed by atoms with Gasteiger partial charge in [-0.15, -0.1) is 0 Å². The molecule has 1 aromatic carbocycles. The largest absolute Gasteiger partial charge is 0.481 e. The first-order valence-electron chi connectivity index (χ1n) is 7.51. The molecule has 1 aromatic heterocycles. The third kappa shape index (κ3) is 3.33. The van der Waals surface area contributed by atoms with Crippen LogP contribution in [0.25, 0.3) is 5.69 Å². The normalized spacial score (nSPS) is 13.0. The van der Waals surface area contributed by atoms with Crippen LogP contribution in [0.2, 0.25) is 0 Å². The van der Waals surface area contributed by atoms with E-state index in [9.17, 15) is 9.59 Å². The second-order valence-electron chi connectivity index (χ2n) is 5.45. The van der Waals surface area contributed by atoms with Gasteiger partial charge in [-0.1, -0.05) is 18.2 Å². The molecule has 2 heterocycles. The third-order valence-electron chi connectivity index (χ3n) is 3.79. The van der Waals surface area contributed by atoms with Crippen molar-refractivity contribution >= 4 is 12.0 Å². The molecule has 1 aliphatic heterocycles. The van der Waals surface area contributed by atoms with Gasteiger partial charge in [0, 0.05) is 18.5 Å². The number of carboxylic acid groups (broad SMARTS) is 1. The number of para-hydroxylation sites is 1. The molecule has 0 saturated carbocycles. The van der Waals surface area contributed by atoms with Crippen molar-refractivity contribution in [3.63, 3.8) is 0 Å². The minimum Gasteiger partial charge on any atom is -0.481 e. The smallest absolute Gasteiger partial charge is 0.318 e. The number of urea groups is 1. The molecule has 7 nitrogen and oxygen atoms in total. The minimum atomic E-state index is -0.851. The number of aromatic nitrogens is 2. The number of fused-ring (bicyclic) bond motifs is 1. The van der Waals surface area contributed by atoms with Gasteiger partial charge in [0.1, 0.15) is 0 Å². The van der Waals surface area contributed by atoms with Crippen molar-refractivity contribution in [3.8, 4) is 5.69 Å². The Hall–Kier alpha value is -2.83. The van der Waals surface area contributed by atoms with E-state index in [1.807, 2.05) is 35.0 Å². The van der Waals surface area contributed by atoms with Crippen LogP contribution in [0.15, 0.2) is 36.5 Å². The highest BCUT2D eigenvalue weighted by Crippen LogP contribution is 2.24. The molecule has 0 fully saturated rings. The van der Waals surface area contributed by atoms with Gasteiger partial charge in [0.15, 0.2) is 0 Å². The summed E-state index contributed by atoms with van der Waals surface area (Å²) in [5.41, 5.74) is 3.02. The lowest BCUT2D eigenvalue weighted by molar-refractivity contribution is -0.137. The number of nitrogens with zero attached hydrogens (tertiary/aromatic N) is 3. The van der Waals surface area contributed by atoms with E-state index in [1.54, 1.807) is 11.1 Å². The number of carboxylic acids is 1. The highest BCUT2D eigenvalue weighted by molar-refractivity contribution is 5.75. The molecule has 1 aliphatic rings. The molecule has 0 radical (unpaired) electrons. The zero-order valence-corrected chi connectivity index (χ0v) is 12.6. The zero-order valence-electron chi connectivity index (χ0n) is 12.6. The molecule has 0 atom stereocenters. The van der Waals surface area contributed by atoms with Crippen molar-refractivity contribution < 1.29 is 14.7 Å². The summed E-state index contributed by atoms with van der Waals surface area (Å²) in [6.07, 6.45) is 2.28. The van der Waals surface area contributed by atoms with E-state index in [0.29, 0.717) is 26.1 Å². The lowest BCUT2D eigenvalue weighted by Gasteiger charge is -2.17. The summed E-state index contributed by atoms with van der Waals surface area (Å²) in [6, 6.07) is 9.62. The van der Waals surface area contributed by atoms with Crippen LogP contribution in [-0.4, -0.2) is 38.3 Å². The SMILES string of the molecule is O=C(O)CCCNC(=O)N1Cc2cnn(-c3ccccc3)c2C1. The van der Waals surface area contributed by atoms with Crippen LogP contribution >= 0.6 is 0 Å². The van der Waals surface area contributed by atoms with E-state index in [2.05, 4.69) is 10.4 Å². The summed E-state index contributed by atoms with van der Waals surface area (Å²) in [5, 5.41) is 15.7. The second kappa shape index (κ2) is 6.51. The van der Waals surface area contributed by atoms with Gasteiger partial charge in [0.05, 0.1) is 30.7 Å². The Morgan fingerprint density at radius 3 is 2.74 bits per heavy atom. The molecule has 0 bridgehead atoms. The molecule has 2 aromatic rings. The van der Waals surface area contributed by atoms with E-state index in [0.717, 1.165) is 16.9 Å². The van der Waals surface area contributed by atoms with Gasteiger partial charge in [0.2, 0.25) is 0 Å². The van der Waals surface area contributed by atoms with Gasteiger partial charge in [-0.3, -0.25) is 4.79 Å². The standard InChI is InChI=1S/C16H18N4O3/c21-15(22)7-4-8-17-16(23)19-10-12-9-18-20(14(12)11-19)13-5-2-1-3-6-13/h1-3,5-6,9H,4,7-8,10-11H2,(H,17,23)(H,21,22). The van der Waals surface area contributed by atoms with E-state index in [1.165, 1.54) is 0 Å². The molecule has 2 N–H and O–H groups in total. The van der Waals surface area contributed by atoms with Crippen LogP contribution in [0, 0.1) is 0 Å². The molecule has 7 heteroatoms. The number of benzene rings is 1. The maximum absolute atomic E-state index is 12.1. The molecular weight excluding hydrogens is 296 g/mol. The number of carbonyl (C=O) groups is 2. The minimum absolute atomic E-state index is 0.0590. The average Bonchev–Trinajstić information content (AvgIpc) is 3.12. The van der Waals surface area contributed by atoms with E-state index in [4.69, 9.17) is 5.11 Å². The first kappa shape index (κ1) is 15.1. The summed E-state index contributed by atoms with van der Waals surface area (Å²) in [7, 11) is 0. The van der Waals surface area contributed by atoms with Crippen LogP contribution < -0.4 is 5.32 Å². The Morgan fingerprint density at radius 2 is 2.00 bits per heavy atom. The third-order valence-corrected chi connectivity index (χ3v) is 3.79. The maximum Gasteiger partial charge on any atom is 0.318 e. The van der Waals surface area contributed by atoms with Crippen molar-refractivity contribution in [3.05, 3.63) is 47.8 Å². The lowest BCUT2D eigenvalue weighted by atomic mass is 10.3. The van der Waals surface area contributed by atoms with Crippen molar-refractivity contribution in [1.82, 2.24) is 20.0 Å². The van der Waals surface area contributed by atoms with Gasteiger partial charge in [-0.2, -0.15) is 5.10 Å². The molecule has 0 spiro atoms. The Balaban J connectivity index is 1.60. The molecule has 23 heavy (non-hydrogen) atoms. The molecule has 0 aliphatic carbocycles. The summed E-state index contributed by atoms with van der Waals surface area (Å²) in [5.74, 6) is -0.851. The van der Waals surface area contributed by atoms with E-state index < -0.39 is 5.97 Å². The second-order valence-corrected chi connectivity index (χ2v) is 5.45. The highest BCUT2D eigenvalue weighted by Gasteiger charge is 2.27. The maximum atomic E-state index is 12.1. The summed E-state index contributed by atoms with van der Waals surface area (Å²) >= 11 is 0.